The van der Waals surface area contributed by atoms with Gasteiger partial charge in [0.2, 0.25) is 5.95 Å². The van der Waals surface area contributed by atoms with E-state index in [1.54, 1.807) is 0 Å². The van der Waals surface area contributed by atoms with Crippen LogP contribution in [0.25, 0.3) is 0 Å². The number of aromatic nitrogens is 2. The molecular formula is C17H22N4O. The summed E-state index contributed by atoms with van der Waals surface area (Å²) in [7, 11) is 0. The highest BCUT2D eigenvalue weighted by molar-refractivity contribution is 5.58. The average molecular weight is 298 g/mol. The van der Waals surface area contributed by atoms with E-state index in [1.807, 2.05) is 13.0 Å². The fraction of sp³-hybridized carbons (Fsp3) is 0.412. The zero-order valence-electron chi connectivity index (χ0n) is 13.4. The van der Waals surface area contributed by atoms with Gasteiger partial charge in [-0.2, -0.15) is 4.98 Å². The lowest BCUT2D eigenvalue weighted by Crippen LogP contribution is -2.36. The highest BCUT2D eigenvalue weighted by Crippen LogP contribution is 2.21. The van der Waals surface area contributed by atoms with Crippen molar-refractivity contribution in [3.63, 3.8) is 0 Å². The van der Waals surface area contributed by atoms with E-state index in [0.717, 1.165) is 43.5 Å². The zero-order chi connectivity index (χ0) is 15.5. The zero-order valence-corrected chi connectivity index (χ0v) is 13.4. The second kappa shape index (κ2) is 6.32. The number of hydrogen-bond acceptors (Lipinski definition) is 5. The lowest BCUT2D eigenvalue weighted by molar-refractivity contribution is 0.122. The summed E-state index contributed by atoms with van der Waals surface area (Å²) in [6, 6.07) is 8.39. The topological polar surface area (TPSA) is 50.3 Å². The van der Waals surface area contributed by atoms with Gasteiger partial charge >= 0.3 is 0 Å². The van der Waals surface area contributed by atoms with Crippen molar-refractivity contribution < 1.29 is 4.74 Å². The molecule has 0 aliphatic carbocycles. The molecule has 1 N–H and O–H groups in total. The van der Waals surface area contributed by atoms with Gasteiger partial charge in [-0.3, -0.25) is 0 Å². The summed E-state index contributed by atoms with van der Waals surface area (Å²) in [5.41, 5.74) is 4.44. The summed E-state index contributed by atoms with van der Waals surface area (Å²) < 4.78 is 5.40. The molecule has 2 aromatic rings. The first-order chi connectivity index (χ1) is 10.6. The van der Waals surface area contributed by atoms with Gasteiger partial charge < -0.3 is 15.0 Å². The molecule has 0 amide bonds. The highest BCUT2D eigenvalue weighted by atomic mass is 16.5. The average Bonchev–Trinajstić information content (AvgIpc) is 2.46. The molecule has 1 aromatic heterocycles. The van der Waals surface area contributed by atoms with Crippen LogP contribution in [0.5, 0.6) is 0 Å². The molecule has 1 aliphatic rings. The Hall–Kier alpha value is -2.14. The molecule has 0 bridgehead atoms. The summed E-state index contributed by atoms with van der Waals surface area (Å²) in [4.78, 5) is 11.4. The van der Waals surface area contributed by atoms with Crippen molar-refractivity contribution in [2.75, 3.05) is 36.5 Å². The standard InChI is InChI=1S/C17H22N4O/c1-12-8-13(2)10-15(9-12)19-17-18-14(3)11-16(20-17)21-4-6-22-7-5-21/h8-11H,4-7H2,1-3H3,(H,18,19,20). The van der Waals surface area contributed by atoms with Gasteiger partial charge in [0.1, 0.15) is 5.82 Å². The van der Waals surface area contributed by atoms with Crippen molar-refractivity contribution in [1.29, 1.82) is 0 Å². The number of aryl methyl sites for hydroxylation is 3. The molecule has 1 fully saturated rings. The lowest BCUT2D eigenvalue weighted by Gasteiger charge is -2.28. The Morgan fingerprint density at radius 3 is 2.32 bits per heavy atom. The molecule has 5 heteroatoms. The van der Waals surface area contributed by atoms with E-state index in [-0.39, 0.29) is 0 Å². The van der Waals surface area contributed by atoms with Crippen LogP contribution >= 0.6 is 0 Å². The fourth-order valence-corrected chi connectivity index (χ4v) is 2.74. The number of hydrogen-bond donors (Lipinski definition) is 1. The van der Waals surface area contributed by atoms with Crippen molar-refractivity contribution >= 4 is 17.5 Å². The van der Waals surface area contributed by atoms with E-state index >= 15 is 0 Å². The van der Waals surface area contributed by atoms with Crippen molar-refractivity contribution in [2.24, 2.45) is 0 Å². The summed E-state index contributed by atoms with van der Waals surface area (Å²) in [5.74, 6) is 1.61. The van der Waals surface area contributed by atoms with Crippen LogP contribution in [-0.2, 0) is 4.74 Å². The predicted molar refractivity (Wildman–Crippen MR) is 89.0 cm³/mol. The SMILES string of the molecule is Cc1cc(C)cc(Nc2nc(C)cc(N3CCOCC3)n2)c1. The van der Waals surface area contributed by atoms with Crippen molar-refractivity contribution in [3.8, 4) is 0 Å². The van der Waals surface area contributed by atoms with Gasteiger partial charge in [-0.25, -0.2) is 4.98 Å². The Kier molecular flexibility index (Phi) is 4.24. The molecule has 1 aliphatic heterocycles. The summed E-state index contributed by atoms with van der Waals surface area (Å²) in [6.07, 6.45) is 0. The number of morpholine rings is 1. The monoisotopic (exact) mass is 298 g/mol. The Balaban J connectivity index is 1.85. The van der Waals surface area contributed by atoms with Crippen molar-refractivity contribution in [2.45, 2.75) is 20.8 Å². The van der Waals surface area contributed by atoms with Gasteiger partial charge in [0.05, 0.1) is 13.2 Å². The molecule has 5 nitrogen and oxygen atoms in total. The van der Waals surface area contributed by atoms with E-state index in [2.05, 4.69) is 52.2 Å². The molecule has 0 spiro atoms. The van der Waals surface area contributed by atoms with Crippen molar-refractivity contribution in [3.05, 3.63) is 41.1 Å². The maximum atomic E-state index is 5.40. The van der Waals surface area contributed by atoms with Crippen LogP contribution in [0.2, 0.25) is 0 Å². The minimum absolute atomic E-state index is 0.645. The predicted octanol–water partition coefficient (Wildman–Crippen LogP) is 2.98. The van der Waals surface area contributed by atoms with Crippen LogP contribution < -0.4 is 10.2 Å². The van der Waals surface area contributed by atoms with Crippen LogP contribution in [-0.4, -0.2) is 36.3 Å². The quantitative estimate of drug-likeness (QED) is 0.944. The van der Waals surface area contributed by atoms with E-state index in [9.17, 15) is 0 Å². The lowest BCUT2D eigenvalue weighted by atomic mass is 10.1. The Morgan fingerprint density at radius 2 is 1.64 bits per heavy atom. The smallest absolute Gasteiger partial charge is 0.229 e. The normalized spacial score (nSPS) is 15.0. The number of benzene rings is 1. The van der Waals surface area contributed by atoms with Gasteiger partial charge in [0, 0.05) is 30.5 Å². The molecule has 1 aromatic carbocycles. The number of ether oxygens (including phenoxy) is 1. The second-order valence-corrected chi connectivity index (χ2v) is 5.79. The van der Waals surface area contributed by atoms with E-state index in [0.29, 0.717) is 5.95 Å². The summed E-state index contributed by atoms with van der Waals surface area (Å²) in [5, 5.41) is 3.33. The third-order valence-electron chi connectivity index (χ3n) is 3.65. The minimum atomic E-state index is 0.645. The fourth-order valence-electron chi connectivity index (χ4n) is 2.74. The first-order valence-corrected chi connectivity index (χ1v) is 7.64. The van der Waals surface area contributed by atoms with Crippen LogP contribution in [0.3, 0.4) is 0 Å². The van der Waals surface area contributed by atoms with Crippen LogP contribution in [0.1, 0.15) is 16.8 Å². The Bertz CT molecular complexity index is 645. The molecule has 0 radical (unpaired) electrons. The number of nitrogens with zero attached hydrogens (tertiary/aromatic N) is 3. The minimum Gasteiger partial charge on any atom is -0.378 e. The molecule has 2 heterocycles. The third kappa shape index (κ3) is 3.54. The Labute approximate surface area is 131 Å². The van der Waals surface area contributed by atoms with E-state index in [4.69, 9.17) is 4.74 Å². The summed E-state index contributed by atoms with van der Waals surface area (Å²) in [6.45, 7) is 9.44. The summed E-state index contributed by atoms with van der Waals surface area (Å²) >= 11 is 0. The maximum Gasteiger partial charge on any atom is 0.229 e. The van der Waals surface area contributed by atoms with Crippen LogP contribution in [0.4, 0.5) is 17.5 Å². The van der Waals surface area contributed by atoms with Crippen LogP contribution in [0.15, 0.2) is 24.3 Å². The van der Waals surface area contributed by atoms with Crippen molar-refractivity contribution in [1.82, 2.24) is 9.97 Å². The van der Waals surface area contributed by atoms with Gasteiger partial charge in [-0.1, -0.05) is 6.07 Å². The Morgan fingerprint density at radius 1 is 0.955 bits per heavy atom. The van der Waals surface area contributed by atoms with Gasteiger partial charge in [0.15, 0.2) is 0 Å². The maximum absolute atomic E-state index is 5.40. The first-order valence-electron chi connectivity index (χ1n) is 7.64. The number of anilines is 3. The molecular weight excluding hydrogens is 276 g/mol. The first kappa shape index (κ1) is 14.8. The molecule has 0 unspecified atom stereocenters. The number of rotatable bonds is 3. The molecule has 1 saturated heterocycles. The van der Waals surface area contributed by atoms with E-state index < -0.39 is 0 Å². The number of nitrogens with one attached hydrogen (secondary N) is 1. The van der Waals surface area contributed by atoms with Gasteiger partial charge in [0.25, 0.3) is 0 Å². The highest BCUT2D eigenvalue weighted by Gasteiger charge is 2.14. The largest absolute Gasteiger partial charge is 0.378 e. The molecule has 0 saturated carbocycles. The molecule has 3 rings (SSSR count). The molecule has 116 valence electrons. The third-order valence-corrected chi connectivity index (χ3v) is 3.65. The molecule has 22 heavy (non-hydrogen) atoms. The van der Waals surface area contributed by atoms with Crippen LogP contribution in [0, 0.1) is 20.8 Å². The second-order valence-electron chi connectivity index (χ2n) is 5.79. The molecule has 0 atom stereocenters. The van der Waals surface area contributed by atoms with E-state index in [1.165, 1.54) is 11.1 Å². The van der Waals surface area contributed by atoms with Gasteiger partial charge in [-0.05, 0) is 44.0 Å². The van der Waals surface area contributed by atoms with Gasteiger partial charge in [-0.15, -0.1) is 0 Å².